The maximum atomic E-state index is 11.9. The molecule has 6 heteroatoms. The summed E-state index contributed by atoms with van der Waals surface area (Å²) >= 11 is 3.38. The first-order chi connectivity index (χ1) is 8.61. The molecule has 0 saturated carbocycles. The van der Waals surface area contributed by atoms with Crippen LogP contribution >= 0.6 is 15.9 Å². The smallest absolute Gasteiger partial charge is 0.189 e. The number of hydrogen-bond donors (Lipinski definition) is 0. The second-order valence-electron chi connectivity index (χ2n) is 3.78. The van der Waals surface area contributed by atoms with Gasteiger partial charge in [-0.1, -0.05) is 0 Å². The van der Waals surface area contributed by atoms with Gasteiger partial charge in [0.05, 0.1) is 28.1 Å². The van der Waals surface area contributed by atoms with Gasteiger partial charge < -0.3 is 0 Å². The monoisotopic (exact) mass is 308 g/mol. The zero-order valence-electron chi connectivity index (χ0n) is 10.2. The second kappa shape index (κ2) is 5.30. The van der Waals surface area contributed by atoms with Gasteiger partial charge in [-0.2, -0.15) is 10.2 Å². The molecule has 0 saturated heterocycles. The molecule has 94 valence electrons. The Bertz CT molecular complexity index is 577. The maximum Gasteiger partial charge on any atom is 0.189 e. The first-order valence-electron chi connectivity index (χ1n) is 5.54. The van der Waals surface area contributed by atoms with Crippen LogP contribution in [-0.4, -0.2) is 25.3 Å². The summed E-state index contributed by atoms with van der Waals surface area (Å²) < 4.78 is 4.28. The molecule has 0 amide bonds. The van der Waals surface area contributed by atoms with E-state index in [2.05, 4.69) is 26.1 Å². The number of halogens is 1. The lowest BCUT2D eigenvalue weighted by molar-refractivity contribution is 0.104. The molecule has 0 fully saturated rings. The molecule has 18 heavy (non-hydrogen) atoms. The largest absolute Gasteiger partial charge is 0.289 e. The van der Waals surface area contributed by atoms with Crippen molar-refractivity contribution in [2.75, 3.05) is 0 Å². The van der Waals surface area contributed by atoms with Gasteiger partial charge in [0, 0.05) is 19.8 Å². The van der Waals surface area contributed by atoms with E-state index < -0.39 is 0 Å². The number of carbonyl (C=O) groups excluding carboxylic acids is 1. The average Bonchev–Trinajstić information content (AvgIpc) is 2.95. The van der Waals surface area contributed by atoms with Crippen LogP contribution in [0.1, 0.15) is 23.0 Å². The number of allylic oxidation sites excluding steroid dienone is 1. The van der Waals surface area contributed by atoms with Crippen LogP contribution in [0.2, 0.25) is 0 Å². The van der Waals surface area contributed by atoms with Gasteiger partial charge in [-0.3, -0.25) is 14.2 Å². The molecule has 0 radical (unpaired) electrons. The van der Waals surface area contributed by atoms with E-state index in [-0.39, 0.29) is 5.78 Å². The molecule has 0 N–H and O–H groups in total. The summed E-state index contributed by atoms with van der Waals surface area (Å²) in [6, 6.07) is 0. The number of ketones is 1. The van der Waals surface area contributed by atoms with Gasteiger partial charge in [0.2, 0.25) is 0 Å². The highest BCUT2D eigenvalue weighted by molar-refractivity contribution is 9.10. The standard InChI is InChI=1S/C12H13BrN4O/c1-3-17-8-9(6-15-17)12(18)5-4-11-10(13)7-14-16(11)2/h4-8H,3H2,1-2H3/b5-4+. The summed E-state index contributed by atoms with van der Waals surface area (Å²) in [5, 5.41) is 8.15. The number of rotatable bonds is 4. The van der Waals surface area contributed by atoms with Crippen molar-refractivity contribution in [3.63, 3.8) is 0 Å². The Morgan fingerprint density at radius 1 is 1.44 bits per heavy atom. The number of nitrogens with zero attached hydrogens (tertiary/aromatic N) is 4. The van der Waals surface area contributed by atoms with Crippen LogP contribution in [0.15, 0.2) is 29.1 Å². The van der Waals surface area contributed by atoms with Crippen LogP contribution < -0.4 is 0 Å². The lowest BCUT2D eigenvalue weighted by Crippen LogP contribution is -1.96. The molecule has 0 aliphatic heterocycles. The molecule has 0 unspecified atom stereocenters. The van der Waals surface area contributed by atoms with E-state index in [0.717, 1.165) is 16.7 Å². The predicted molar refractivity (Wildman–Crippen MR) is 72.2 cm³/mol. The van der Waals surface area contributed by atoms with Gasteiger partial charge in [-0.15, -0.1) is 0 Å². The van der Waals surface area contributed by atoms with Gasteiger partial charge in [0.25, 0.3) is 0 Å². The molecule has 0 aliphatic carbocycles. The van der Waals surface area contributed by atoms with Gasteiger partial charge in [0.15, 0.2) is 5.78 Å². The van der Waals surface area contributed by atoms with Gasteiger partial charge in [-0.05, 0) is 35.0 Å². The lowest BCUT2D eigenvalue weighted by Gasteiger charge is -1.95. The van der Waals surface area contributed by atoms with Crippen molar-refractivity contribution in [2.45, 2.75) is 13.5 Å². The Morgan fingerprint density at radius 2 is 2.22 bits per heavy atom. The van der Waals surface area contributed by atoms with Crippen LogP contribution in [0.25, 0.3) is 6.08 Å². The van der Waals surface area contributed by atoms with E-state index in [1.807, 2.05) is 14.0 Å². The molecule has 0 aliphatic rings. The van der Waals surface area contributed by atoms with E-state index in [1.165, 1.54) is 6.08 Å². The summed E-state index contributed by atoms with van der Waals surface area (Å²) in [7, 11) is 1.82. The highest BCUT2D eigenvalue weighted by Crippen LogP contribution is 2.16. The van der Waals surface area contributed by atoms with E-state index in [4.69, 9.17) is 0 Å². The van der Waals surface area contributed by atoms with E-state index >= 15 is 0 Å². The molecule has 0 spiro atoms. The van der Waals surface area contributed by atoms with Crippen molar-refractivity contribution in [3.8, 4) is 0 Å². The minimum absolute atomic E-state index is 0.0669. The SMILES string of the molecule is CCn1cc(C(=O)/C=C/c2c(Br)cnn2C)cn1. The minimum atomic E-state index is -0.0669. The van der Waals surface area contributed by atoms with Crippen LogP contribution in [0.5, 0.6) is 0 Å². The number of aromatic nitrogens is 4. The van der Waals surface area contributed by atoms with Crippen molar-refractivity contribution >= 4 is 27.8 Å². The Kier molecular flexibility index (Phi) is 3.76. The molecular formula is C12H13BrN4O. The summed E-state index contributed by atoms with van der Waals surface area (Å²) in [5.74, 6) is -0.0669. The molecule has 0 aromatic carbocycles. The number of aryl methyl sites for hydroxylation is 2. The fourth-order valence-corrected chi connectivity index (χ4v) is 2.00. The Balaban J connectivity index is 2.16. The first kappa shape index (κ1) is 12.8. The Morgan fingerprint density at radius 3 is 2.78 bits per heavy atom. The lowest BCUT2D eigenvalue weighted by atomic mass is 10.2. The summed E-state index contributed by atoms with van der Waals surface area (Å²) in [6.45, 7) is 2.73. The van der Waals surface area contributed by atoms with Crippen molar-refractivity contribution in [2.24, 2.45) is 7.05 Å². The molecule has 2 heterocycles. The molecule has 2 rings (SSSR count). The van der Waals surface area contributed by atoms with Crippen molar-refractivity contribution in [3.05, 3.63) is 40.4 Å². The molecule has 2 aromatic rings. The van der Waals surface area contributed by atoms with Crippen LogP contribution in [0.3, 0.4) is 0 Å². The Hall–Kier alpha value is -1.69. The average molecular weight is 309 g/mol. The van der Waals surface area contributed by atoms with Gasteiger partial charge in [0.1, 0.15) is 0 Å². The van der Waals surface area contributed by atoms with Crippen LogP contribution in [0.4, 0.5) is 0 Å². The van der Waals surface area contributed by atoms with Crippen LogP contribution in [-0.2, 0) is 13.6 Å². The third-order valence-corrected chi connectivity index (χ3v) is 3.18. The normalized spacial score (nSPS) is 11.3. The summed E-state index contributed by atoms with van der Waals surface area (Å²) in [5.41, 5.74) is 1.44. The molecule has 5 nitrogen and oxygen atoms in total. The predicted octanol–water partition coefficient (Wildman–Crippen LogP) is 2.30. The maximum absolute atomic E-state index is 11.9. The third-order valence-electron chi connectivity index (χ3n) is 2.57. The summed E-state index contributed by atoms with van der Waals surface area (Å²) in [6.07, 6.45) is 8.28. The topological polar surface area (TPSA) is 52.7 Å². The highest BCUT2D eigenvalue weighted by atomic mass is 79.9. The number of hydrogen-bond acceptors (Lipinski definition) is 3. The minimum Gasteiger partial charge on any atom is -0.289 e. The van der Waals surface area contributed by atoms with Crippen LogP contribution in [0, 0.1) is 0 Å². The van der Waals surface area contributed by atoms with Crippen molar-refractivity contribution in [1.82, 2.24) is 19.6 Å². The molecule has 0 bridgehead atoms. The molecule has 2 aromatic heterocycles. The molecular weight excluding hydrogens is 296 g/mol. The number of carbonyl (C=O) groups is 1. The fourth-order valence-electron chi connectivity index (χ4n) is 1.52. The van der Waals surface area contributed by atoms with E-state index in [0.29, 0.717) is 5.56 Å². The summed E-state index contributed by atoms with van der Waals surface area (Å²) in [4.78, 5) is 11.9. The zero-order chi connectivity index (χ0) is 13.1. The van der Waals surface area contributed by atoms with E-state index in [9.17, 15) is 4.79 Å². The quantitative estimate of drug-likeness (QED) is 0.643. The highest BCUT2D eigenvalue weighted by Gasteiger charge is 2.06. The first-order valence-corrected chi connectivity index (χ1v) is 6.33. The van der Waals surface area contributed by atoms with E-state index in [1.54, 1.807) is 34.0 Å². The fraction of sp³-hybridized carbons (Fsp3) is 0.250. The zero-order valence-corrected chi connectivity index (χ0v) is 11.8. The second-order valence-corrected chi connectivity index (χ2v) is 4.64. The van der Waals surface area contributed by atoms with Crippen molar-refractivity contribution < 1.29 is 4.79 Å². The third kappa shape index (κ3) is 2.59. The Labute approximate surface area is 113 Å². The molecule has 0 atom stereocenters. The van der Waals surface area contributed by atoms with Crippen molar-refractivity contribution in [1.29, 1.82) is 0 Å². The van der Waals surface area contributed by atoms with Gasteiger partial charge in [-0.25, -0.2) is 0 Å². The van der Waals surface area contributed by atoms with Gasteiger partial charge >= 0.3 is 0 Å².